The lowest BCUT2D eigenvalue weighted by Gasteiger charge is -2.16. The molecule has 0 aliphatic carbocycles. The van der Waals surface area contributed by atoms with Crippen LogP contribution in [0.15, 0.2) is 24.3 Å². The Bertz CT molecular complexity index is 431. The van der Waals surface area contributed by atoms with Crippen LogP contribution in [-0.4, -0.2) is 37.0 Å². The van der Waals surface area contributed by atoms with Crippen molar-refractivity contribution < 1.29 is 22.4 Å². The Labute approximate surface area is 109 Å². The molecule has 0 amide bonds. The number of benzene rings is 1. The lowest BCUT2D eigenvalue weighted by Crippen LogP contribution is -2.30. The molecule has 0 atom stereocenters. The highest BCUT2D eigenvalue weighted by atomic mass is 19.4. The monoisotopic (exact) mass is 277 g/mol. The van der Waals surface area contributed by atoms with Gasteiger partial charge in [-0.1, -0.05) is 18.2 Å². The fraction of sp³-hybridized carbons (Fsp3) is 0.462. The van der Waals surface area contributed by atoms with E-state index >= 15 is 0 Å². The SMILES string of the molecule is CN(CCC(F)(F)F)CC(=O)Cc1ccccc1F. The van der Waals surface area contributed by atoms with Crippen LogP contribution in [0.1, 0.15) is 12.0 Å². The van der Waals surface area contributed by atoms with Gasteiger partial charge in [0.2, 0.25) is 0 Å². The molecular formula is C13H15F4NO. The number of carbonyl (C=O) groups excluding carboxylic acids is 1. The second-order valence-electron chi connectivity index (χ2n) is 4.41. The Morgan fingerprint density at radius 1 is 1.26 bits per heavy atom. The van der Waals surface area contributed by atoms with Crippen molar-refractivity contribution in [2.75, 3.05) is 20.1 Å². The van der Waals surface area contributed by atoms with Gasteiger partial charge in [0.25, 0.3) is 0 Å². The summed E-state index contributed by atoms with van der Waals surface area (Å²) < 4.78 is 49.3. The van der Waals surface area contributed by atoms with Gasteiger partial charge in [0.05, 0.1) is 13.0 Å². The van der Waals surface area contributed by atoms with E-state index in [0.717, 1.165) is 0 Å². The van der Waals surface area contributed by atoms with Gasteiger partial charge in [-0.3, -0.25) is 9.69 Å². The average Bonchev–Trinajstić information content (AvgIpc) is 2.29. The van der Waals surface area contributed by atoms with Crippen molar-refractivity contribution in [3.63, 3.8) is 0 Å². The quantitative estimate of drug-likeness (QED) is 0.745. The molecule has 0 aliphatic rings. The highest BCUT2D eigenvalue weighted by molar-refractivity contribution is 5.82. The normalized spacial score (nSPS) is 11.9. The van der Waals surface area contributed by atoms with Gasteiger partial charge >= 0.3 is 6.18 Å². The van der Waals surface area contributed by atoms with Crippen LogP contribution >= 0.6 is 0 Å². The number of ketones is 1. The van der Waals surface area contributed by atoms with Crippen molar-refractivity contribution in [3.05, 3.63) is 35.6 Å². The van der Waals surface area contributed by atoms with Gasteiger partial charge in [0.1, 0.15) is 5.82 Å². The molecule has 0 unspecified atom stereocenters. The first-order chi connectivity index (χ1) is 8.78. The summed E-state index contributed by atoms with van der Waals surface area (Å²) in [6.07, 6.45) is -5.30. The molecular weight excluding hydrogens is 262 g/mol. The third-order valence-electron chi connectivity index (χ3n) is 2.57. The molecule has 0 fully saturated rings. The van der Waals surface area contributed by atoms with Crippen molar-refractivity contribution in [1.82, 2.24) is 4.90 Å². The predicted octanol–water partition coefficient (Wildman–Crippen LogP) is 2.82. The Morgan fingerprint density at radius 3 is 2.47 bits per heavy atom. The first kappa shape index (κ1) is 15.6. The number of alkyl halides is 3. The van der Waals surface area contributed by atoms with Crippen molar-refractivity contribution >= 4 is 5.78 Å². The summed E-state index contributed by atoms with van der Waals surface area (Å²) in [6.45, 7) is -0.364. The minimum Gasteiger partial charge on any atom is -0.299 e. The predicted molar refractivity (Wildman–Crippen MR) is 63.3 cm³/mol. The van der Waals surface area contributed by atoms with E-state index in [1.807, 2.05) is 0 Å². The summed E-state index contributed by atoms with van der Waals surface area (Å²) in [5.74, 6) is -0.788. The molecule has 0 heterocycles. The average molecular weight is 277 g/mol. The number of hydrogen-bond acceptors (Lipinski definition) is 2. The maximum Gasteiger partial charge on any atom is 0.390 e. The Hall–Kier alpha value is -1.43. The molecule has 0 radical (unpaired) electrons. The lowest BCUT2D eigenvalue weighted by atomic mass is 10.1. The van der Waals surface area contributed by atoms with Gasteiger partial charge in [0, 0.05) is 13.0 Å². The highest BCUT2D eigenvalue weighted by Gasteiger charge is 2.27. The molecule has 1 aromatic carbocycles. The maximum atomic E-state index is 13.3. The molecule has 0 saturated carbocycles. The van der Waals surface area contributed by atoms with Gasteiger partial charge < -0.3 is 0 Å². The topological polar surface area (TPSA) is 20.3 Å². The fourth-order valence-corrected chi connectivity index (χ4v) is 1.61. The van der Waals surface area contributed by atoms with Crippen LogP contribution in [0.25, 0.3) is 0 Å². The minimum atomic E-state index is -4.23. The summed E-state index contributed by atoms with van der Waals surface area (Å²) in [5.41, 5.74) is 0.261. The Morgan fingerprint density at radius 2 is 1.89 bits per heavy atom. The van der Waals surface area contributed by atoms with Crippen LogP contribution in [0.2, 0.25) is 0 Å². The van der Waals surface area contributed by atoms with Crippen molar-refractivity contribution in [2.24, 2.45) is 0 Å². The van der Waals surface area contributed by atoms with Gasteiger partial charge in [-0.2, -0.15) is 13.2 Å². The largest absolute Gasteiger partial charge is 0.390 e. The molecule has 0 aliphatic heterocycles. The third-order valence-corrected chi connectivity index (χ3v) is 2.57. The van der Waals surface area contributed by atoms with Gasteiger partial charge in [0.15, 0.2) is 5.78 Å². The van der Waals surface area contributed by atoms with E-state index in [-0.39, 0.29) is 30.9 Å². The molecule has 6 heteroatoms. The van der Waals surface area contributed by atoms with E-state index in [1.54, 1.807) is 6.07 Å². The standard InChI is InChI=1S/C13H15F4NO/c1-18(7-6-13(15,16)17)9-11(19)8-10-4-2-3-5-12(10)14/h2-5H,6-9H2,1H3. The molecule has 1 rings (SSSR count). The zero-order valence-electron chi connectivity index (χ0n) is 10.5. The van der Waals surface area contributed by atoms with Crippen LogP contribution in [-0.2, 0) is 11.2 Å². The third kappa shape index (κ3) is 6.33. The minimum absolute atomic E-state index is 0.108. The van der Waals surface area contributed by atoms with Crippen LogP contribution in [0.5, 0.6) is 0 Å². The number of halogens is 4. The number of Topliss-reactive ketones (excluding diaryl/α,β-unsaturated/α-hetero) is 1. The van der Waals surface area contributed by atoms with Gasteiger partial charge in [-0.25, -0.2) is 4.39 Å². The number of nitrogens with zero attached hydrogens (tertiary/aromatic N) is 1. The summed E-state index contributed by atoms with van der Waals surface area (Å²) in [4.78, 5) is 12.9. The second-order valence-corrected chi connectivity index (χ2v) is 4.41. The van der Waals surface area contributed by atoms with Crippen molar-refractivity contribution in [2.45, 2.75) is 19.0 Å². The van der Waals surface area contributed by atoms with Gasteiger partial charge in [-0.05, 0) is 18.7 Å². The van der Waals surface area contributed by atoms with Crippen molar-refractivity contribution in [3.8, 4) is 0 Å². The molecule has 0 aromatic heterocycles. The van der Waals surface area contributed by atoms with E-state index in [4.69, 9.17) is 0 Å². The summed E-state index contributed by atoms with van der Waals surface area (Å²) in [5, 5.41) is 0. The van der Waals surface area contributed by atoms with E-state index in [9.17, 15) is 22.4 Å². The molecule has 0 saturated heterocycles. The first-order valence-corrected chi connectivity index (χ1v) is 5.78. The molecule has 106 valence electrons. The molecule has 19 heavy (non-hydrogen) atoms. The van der Waals surface area contributed by atoms with E-state index in [0.29, 0.717) is 0 Å². The van der Waals surface area contributed by atoms with Crippen LogP contribution < -0.4 is 0 Å². The van der Waals surface area contributed by atoms with E-state index in [2.05, 4.69) is 0 Å². The van der Waals surface area contributed by atoms with Crippen LogP contribution in [0.3, 0.4) is 0 Å². The van der Waals surface area contributed by atoms with Crippen LogP contribution in [0.4, 0.5) is 17.6 Å². The number of carbonyl (C=O) groups is 1. The maximum absolute atomic E-state index is 13.3. The van der Waals surface area contributed by atoms with E-state index < -0.39 is 18.4 Å². The molecule has 1 aromatic rings. The lowest BCUT2D eigenvalue weighted by molar-refractivity contribution is -0.138. The molecule has 0 N–H and O–H groups in total. The summed E-state index contributed by atoms with van der Waals surface area (Å²) >= 11 is 0. The number of hydrogen-bond donors (Lipinski definition) is 0. The zero-order chi connectivity index (χ0) is 14.5. The molecule has 0 spiro atoms. The highest BCUT2D eigenvalue weighted by Crippen LogP contribution is 2.19. The molecule has 2 nitrogen and oxygen atoms in total. The zero-order valence-corrected chi connectivity index (χ0v) is 10.5. The fourth-order valence-electron chi connectivity index (χ4n) is 1.61. The van der Waals surface area contributed by atoms with E-state index in [1.165, 1.54) is 30.1 Å². The smallest absolute Gasteiger partial charge is 0.299 e. The number of likely N-dealkylation sites (N-methyl/N-ethyl adjacent to an activating group) is 1. The Kier molecular flexibility index (Phi) is 5.47. The summed E-state index contributed by atoms with van der Waals surface area (Å²) in [6, 6.07) is 5.86. The number of rotatable bonds is 6. The van der Waals surface area contributed by atoms with Gasteiger partial charge in [-0.15, -0.1) is 0 Å². The van der Waals surface area contributed by atoms with Crippen LogP contribution in [0, 0.1) is 5.82 Å². The second kappa shape index (κ2) is 6.65. The van der Waals surface area contributed by atoms with Crippen molar-refractivity contribution in [1.29, 1.82) is 0 Å². The first-order valence-electron chi connectivity index (χ1n) is 5.78. The summed E-state index contributed by atoms with van der Waals surface area (Å²) in [7, 11) is 1.44. The molecule has 0 bridgehead atoms. The Balaban J connectivity index is 2.41.